The Labute approximate surface area is 148 Å². The van der Waals surface area contributed by atoms with Gasteiger partial charge in [-0.3, -0.25) is 10.1 Å². The number of carbonyl (C=O) groups is 2. The average molecular weight is 393 g/mol. The lowest BCUT2D eigenvalue weighted by Gasteiger charge is -2.07. The highest BCUT2D eigenvalue weighted by atomic mass is 79.9. The van der Waals surface area contributed by atoms with Gasteiger partial charge >= 0.3 is 6.03 Å². The topological polar surface area (TPSA) is 58.2 Å². The van der Waals surface area contributed by atoms with Gasteiger partial charge in [0.1, 0.15) is 0 Å². The van der Waals surface area contributed by atoms with Gasteiger partial charge in [0, 0.05) is 28.1 Å². The molecule has 0 heterocycles. The molecule has 0 saturated carbocycles. The lowest BCUT2D eigenvalue weighted by Crippen LogP contribution is -2.39. The van der Waals surface area contributed by atoms with Gasteiger partial charge in [0.25, 0.3) is 0 Å². The molecule has 0 aliphatic carbocycles. The molecule has 0 aromatic heterocycles. The predicted octanol–water partition coefficient (Wildman–Crippen LogP) is 3.96. The van der Waals surface area contributed by atoms with Gasteiger partial charge in [0.15, 0.2) is 0 Å². The van der Waals surface area contributed by atoms with E-state index < -0.39 is 6.03 Å². The molecule has 0 atom stereocenters. The minimum absolute atomic E-state index is 0.282. The lowest BCUT2D eigenvalue weighted by molar-refractivity contribution is -0.119. The van der Waals surface area contributed by atoms with Crippen LogP contribution in [-0.2, 0) is 11.3 Å². The van der Waals surface area contributed by atoms with E-state index in [1.54, 1.807) is 11.8 Å². The van der Waals surface area contributed by atoms with Crippen molar-refractivity contribution in [1.29, 1.82) is 0 Å². The van der Waals surface area contributed by atoms with E-state index in [9.17, 15) is 9.59 Å². The van der Waals surface area contributed by atoms with Crippen LogP contribution in [0.25, 0.3) is 0 Å². The minimum atomic E-state index is -0.468. The Morgan fingerprint density at radius 1 is 1.00 bits per heavy atom. The molecular formula is C17H17BrN2O2S. The van der Waals surface area contributed by atoms with Gasteiger partial charge in [-0.05, 0) is 33.6 Å². The Balaban J connectivity index is 1.66. The van der Waals surface area contributed by atoms with E-state index in [4.69, 9.17) is 0 Å². The summed E-state index contributed by atoms with van der Waals surface area (Å²) in [4.78, 5) is 24.5. The molecule has 0 aliphatic rings. The van der Waals surface area contributed by atoms with E-state index in [2.05, 4.69) is 26.6 Å². The van der Waals surface area contributed by atoms with E-state index in [-0.39, 0.29) is 12.3 Å². The molecule has 3 amide bonds. The van der Waals surface area contributed by atoms with Crippen molar-refractivity contribution in [2.75, 3.05) is 5.75 Å². The number of benzene rings is 2. The van der Waals surface area contributed by atoms with E-state index in [1.165, 1.54) is 0 Å². The van der Waals surface area contributed by atoms with E-state index >= 15 is 0 Å². The molecule has 0 unspecified atom stereocenters. The largest absolute Gasteiger partial charge is 0.334 e. The lowest BCUT2D eigenvalue weighted by atomic mass is 10.2. The molecule has 2 N–H and O–H groups in total. The van der Waals surface area contributed by atoms with Crippen LogP contribution >= 0.6 is 27.7 Å². The number of carbonyl (C=O) groups excluding carboxylic acids is 2. The fourth-order valence-electron chi connectivity index (χ4n) is 1.83. The number of thioether (sulfide) groups is 1. The molecule has 2 aromatic carbocycles. The quantitative estimate of drug-likeness (QED) is 0.731. The zero-order chi connectivity index (χ0) is 16.5. The monoisotopic (exact) mass is 392 g/mol. The second-order valence-electron chi connectivity index (χ2n) is 4.75. The highest BCUT2D eigenvalue weighted by Gasteiger charge is 2.08. The summed E-state index contributed by atoms with van der Waals surface area (Å²) in [7, 11) is 0. The fourth-order valence-corrected chi connectivity index (χ4v) is 3.34. The molecule has 0 bridgehead atoms. The van der Waals surface area contributed by atoms with Crippen molar-refractivity contribution in [3.63, 3.8) is 0 Å². The van der Waals surface area contributed by atoms with Gasteiger partial charge in [0.2, 0.25) is 5.91 Å². The number of hydrogen-bond donors (Lipinski definition) is 2. The van der Waals surface area contributed by atoms with Gasteiger partial charge < -0.3 is 5.32 Å². The number of halogens is 1. The molecular weight excluding hydrogens is 376 g/mol. The molecule has 0 spiro atoms. The van der Waals surface area contributed by atoms with Crippen molar-refractivity contribution in [2.45, 2.75) is 17.9 Å². The first-order chi connectivity index (χ1) is 11.1. The number of urea groups is 1. The van der Waals surface area contributed by atoms with E-state index in [0.717, 1.165) is 14.9 Å². The number of hydrogen-bond acceptors (Lipinski definition) is 3. The first-order valence-corrected chi connectivity index (χ1v) is 8.92. The highest BCUT2D eigenvalue weighted by Crippen LogP contribution is 2.27. The van der Waals surface area contributed by atoms with Crippen LogP contribution < -0.4 is 10.6 Å². The number of nitrogens with one attached hydrogen (secondary N) is 2. The number of amides is 3. The zero-order valence-corrected chi connectivity index (χ0v) is 14.8. The third-order valence-electron chi connectivity index (χ3n) is 2.97. The van der Waals surface area contributed by atoms with Gasteiger partial charge in [-0.2, -0.15) is 0 Å². The SMILES string of the molecule is O=C(CCSc1ccccc1Br)NC(=O)NCc1ccccc1. The number of rotatable bonds is 6. The summed E-state index contributed by atoms with van der Waals surface area (Å²) in [5.74, 6) is 0.329. The van der Waals surface area contributed by atoms with Crippen LogP contribution in [0.3, 0.4) is 0 Å². The fraction of sp³-hybridized carbons (Fsp3) is 0.176. The van der Waals surface area contributed by atoms with Crippen LogP contribution in [0.4, 0.5) is 4.79 Å². The molecule has 2 aromatic rings. The van der Waals surface area contributed by atoms with Crippen LogP contribution in [0.15, 0.2) is 64.0 Å². The summed E-state index contributed by atoms with van der Waals surface area (Å²) in [6.45, 7) is 0.395. The molecule has 6 heteroatoms. The van der Waals surface area contributed by atoms with Crippen molar-refractivity contribution >= 4 is 39.6 Å². The van der Waals surface area contributed by atoms with Crippen molar-refractivity contribution in [3.8, 4) is 0 Å². The predicted molar refractivity (Wildman–Crippen MR) is 96.3 cm³/mol. The smallest absolute Gasteiger partial charge is 0.321 e. The van der Waals surface area contributed by atoms with Gasteiger partial charge in [-0.15, -0.1) is 11.8 Å². The van der Waals surface area contributed by atoms with Gasteiger partial charge in [-0.25, -0.2) is 4.79 Å². The Hall–Kier alpha value is -1.79. The maximum absolute atomic E-state index is 11.7. The third kappa shape index (κ3) is 6.46. The molecule has 0 saturated heterocycles. The Bertz CT molecular complexity index is 665. The van der Waals surface area contributed by atoms with Crippen LogP contribution in [0, 0.1) is 0 Å². The van der Waals surface area contributed by atoms with E-state index in [0.29, 0.717) is 12.3 Å². The number of imide groups is 1. The molecule has 23 heavy (non-hydrogen) atoms. The first-order valence-electron chi connectivity index (χ1n) is 7.14. The van der Waals surface area contributed by atoms with Crippen molar-refractivity contribution in [3.05, 3.63) is 64.6 Å². The second-order valence-corrected chi connectivity index (χ2v) is 6.74. The summed E-state index contributed by atoms with van der Waals surface area (Å²) in [6.07, 6.45) is 0.282. The van der Waals surface area contributed by atoms with Gasteiger partial charge in [-0.1, -0.05) is 42.5 Å². The molecule has 120 valence electrons. The maximum atomic E-state index is 11.7. The van der Waals surface area contributed by atoms with Crippen LogP contribution in [0.5, 0.6) is 0 Å². The standard InChI is InChI=1S/C17H17BrN2O2S/c18-14-8-4-5-9-15(14)23-11-10-16(21)20-17(22)19-12-13-6-2-1-3-7-13/h1-9H,10-12H2,(H2,19,20,21,22). The molecule has 0 aliphatic heterocycles. The highest BCUT2D eigenvalue weighted by molar-refractivity contribution is 9.10. The summed E-state index contributed by atoms with van der Waals surface area (Å²) < 4.78 is 1.01. The van der Waals surface area contributed by atoms with Crippen molar-refractivity contribution in [1.82, 2.24) is 10.6 Å². The summed E-state index contributed by atoms with van der Waals surface area (Å²) in [5, 5.41) is 5.00. The van der Waals surface area contributed by atoms with Gasteiger partial charge in [0.05, 0.1) is 0 Å². The molecule has 2 rings (SSSR count). The Morgan fingerprint density at radius 3 is 2.43 bits per heavy atom. The normalized spacial score (nSPS) is 10.1. The van der Waals surface area contributed by atoms with Crippen LogP contribution in [0.2, 0.25) is 0 Å². The summed E-state index contributed by atoms with van der Waals surface area (Å²) in [5.41, 5.74) is 0.986. The Kier molecular flexibility index (Phi) is 7.16. The molecule has 0 radical (unpaired) electrons. The summed E-state index contributed by atoms with van der Waals surface area (Å²) in [6, 6.07) is 16.9. The maximum Gasteiger partial charge on any atom is 0.321 e. The van der Waals surface area contributed by atoms with Crippen LogP contribution in [-0.4, -0.2) is 17.7 Å². The van der Waals surface area contributed by atoms with Crippen molar-refractivity contribution < 1.29 is 9.59 Å². The Morgan fingerprint density at radius 2 is 1.70 bits per heavy atom. The third-order valence-corrected chi connectivity index (χ3v) is 5.00. The molecule has 0 fully saturated rings. The van der Waals surface area contributed by atoms with Crippen LogP contribution in [0.1, 0.15) is 12.0 Å². The second kappa shape index (κ2) is 9.37. The first kappa shape index (κ1) is 17.6. The minimum Gasteiger partial charge on any atom is -0.334 e. The zero-order valence-electron chi connectivity index (χ0n) is 12.4. The average Bonchev–Trinajstić information content (AvgIpc) is 2.56. The van der Waals surface area contributed by atoms with E-state index in [1.807, 2.05) is 54.6 Å². The summed E-state index contributed by atoms with van der Waals surface area (Å²) >= 11 is 5.03. The molecule has 4 nitrogen and oxygen atoms in total. The van der Waals surface area contributed by atoms with Crippen molar-refractivity contribution in [2.24, 2.45) is 0 Å².